The Hall–Kier alpha value is -2.52. The third-order valence-corrected chi connectivity index (χ3v) is 5.24. The lowest BCUT2D eigenvalue weighted by atomic mass is 10.1. The van der Waals surface area contributed by atoms with Crippen molar-refractivity contribution in [1.29, 1.82) is 0 Å². The van der Waals surface area contributed by atoms with Gasteiger partial charge in [0.1, 0.15) is 16.5 Å². The highest BCUT2D eigenvalue weighted by Gasteiger charge is 2.14. The summed E-state index contributed by atoms with van der Waals surface area (Å²) in [5.41, 5.74) is 1.48. The third kappa shape index (κ3) is 5.48. The van der Waals surface area contributed by atoms with E-state index in [2.05, 4.69) is 39.7 Å². The molecule has 3 rings (SSSR count). The summed E-state index contributed by atoms with van der Waals surface area (Å²) in [4.78, 5) is 16.6. The van der Waals surface area contributed by atoms with E-state index in [1.807, 2.05) is 24.3 Å². The molecular formula is C18H21N5O2S2. The Morgan fingerprint density at radius 1 is 1.19 bits per heavy atom. The van der Waals surface area contributed by atoms with Gasteiger partial charge in [0.15, 0.2) is 5.13 Å². The first-order chi connectivity index (χ1) is 13.0. The van der Waals surface area contributed by atoms with Gasteiger partial charge in [-0.25, -0.2) is 4.98 Å². The van der Waals surface area contributed by atoms with E-state index in [9.17, 15) is 4.79 Å². The number of carbonyl (C=O) groups is 1. The topological polar surface area (TPSA) is 89.0 Å². The number of ether oxygens (including phenoxy) is 1. The molecule has 2 heterocycles. The lowest BCUT2D eigenvalue weighted by molar-refractivity contribution is 0.102. The van der Waals surface area contributed by atoms with Gasteiger partial charge in [-0.15, -0.1) is 21.5 Å². The van der Waals surface area contributed by atoms with E-state index in [4.69, 9.17) is 4.74 Å². The molecule has 3 aromatic rings. The molecule has 9 heteroatoms. The first kappa shape index (κ1) is 19.2. The van der Waals surface area contributed by atoms with Gasteiger partial charge in [0.2, 0.25) is 5.13 Å². The van der Waals surface area contributed by atoms with Crippen molar-refractivity contribution in [2.45, 2.75) is 20.3 Å². The van der Waals surface area contributed by atoms with E-state index in [-0.39, 0.29) is 5.91 Å². The van der Waals surface area contributed by atoms with E-state index in [0.29, 0.717) is 23.2 Å². The summed E-state index contributed by atoms with van der Waals surface area (Å²) in [6, 6.07) is 7.79. The van der Waals surface area contributed by atoms with Crippen molar-refractivity contribution in [1.82, 2.24) is 15.2 Å². The second kappa shape index (κ2) is 8.92. The summed E-state index contributed by atoms with van der Waals surface area (Å²) in [5, 5.41) is 17.9. The van der Waals surface area contributed by atoms with Crippen molar-refractivity contribution in [2.24, 2.45) is 5.92 Å². The molecule has 142 valence electrons. The van der Waals surface area contributed by atoms with Gasteiger partial charge in [-0.3, -0.25) is 10.1 Å². The number of nitrogens with zero attached hydrogens (tertiary/aromatic N) is 3. The number of hydrogen-bond donors (Lipinski definition) is 2. The molecule has 1 aromatic carbocycles. The average Bonchev–Trinajstić information content (AvgIpc) is 3.30. The third-order valence-electron chi connectivity index (χ3n) is 3.60. The normalized spacial score (nSPS) is 10.8. The highest BCUT2D eigenvalue weighted by molar-refractivity contribution is 7.15. The number of anilines is 2. The van der Waals surface area contributed by atoms with Crippen LogP contribution in [0.2, 0.25) is 0 Å². The number of aromatic nitrogens is 3. The van der Waals surface area contributed by atoms with Crippen LogP contribution in [0.5, 0.6) is 5.75 Å². The molecule has 7 nitrogen and oxygen atoms in total. The molecule has 0 unspecified atom stereocenters. The monoisotopic (exact) mass is 403 g/mol. The fourth-order valence-electron chi connectivity index (χ4n) is 2.21. The molecular weight excluding hydrogens is 382 g/mol. The molecule has 0 saturated heterocycles. The fraction of sp³-hybridized carbons (Fsp3) is 0.333. The zero-order valence-electron chi connectivity index (χ0n) is 15.4. The van der Waals surface area contributed by atoms with Gasteiger partial charge in [0.25, 0.3) is 5.91 Å². The maximum absolute atomic E-state index is 12.3. The van der Waals surface area contributed by atoms with Crippen LogP contribution in [0.4, 0.5) is 10.3 Å². The lowest BCUT2D eigenvalue weighted by Crippen LogP contribution is -2.13. The molecule has 0 saturated carbocycles. The zero-order chi connectivity index (χ0) is 19.2. The molecule has 2 N–H and O–H groups in total. The summed E-state index contributed by atoms with van der Waals surface area (Å²) in [6.45, 7) is 5.06. The van der Waals surface area contributed by atoms with Crippen LogP contribution >= 0.6 is 22.7 Å². The van der Waals surface area contributed by atoms with Crippen molar-refractivity contribution in [3.63, 3.8) is 0 Å². The molecule has 0 radical (unpaired) electrons. The fourth-order valence-corrected chi connectivity index (χ4v) is 3.68. The van der Waals surface area contributed by atoms with Gasteiger partial charge < -0.3 is 10.1 Å². The number of nitrogens with one attached hydrogen (secondary N) is 2. The van der Waals surface area contributed by atoms with Crippen molar-refractivity contribution in [3.05, 3.63) is 45.9 Å². The number of benzene rings is 1. The van der Waals surface area contributed by atoms with Crippen LogP contribution < -0.4 is 15.4 Å². The quantitative estimate of drug-likeness (QED) is 0.593. The molecule has 0 spiro atoms. The molecule has 0 atom stereocenters. The Kier molecular flexibility index (Phi) is 6.36. The summed E-state index contributed by atoms with van der Waals surface area (Å²) >= 11 is 2.77. The zero-order valence-corrected chi connectivity index (χ0v) is 17.0. The molecule has 0 bridgehead atoms. The molecule has 0 fully saturated rings. The molecule has 2 aromatic heterocycles. The van der Waals surface area contributed by atoms with Crippen molar-refractivity contribution < 1.29 is 9.53 Å². The number of methoxy groups -OCH3 is 1. The van der Waals surface area contributed by atoms with E-state index >= 15 is 0 Å². The maximum Gasteiger partial charge on any atom is 0.277 e. The second-order valence-corrected chi connectivity index (χ2v) is 8.21. The number of rotatable bonds is 8. The van der Waals surface area contributed by atoms with Crippen LogP contribution in [-0.2, 0) is 6.42 Å². The van der Waals surface area contributed by atoms with Crippen molar-refractivity contribution >= 4 is 38.8 Å². The molecule has 0 aliphatic carbocycles. The summed E-state index contributed by atoms with van der Waals surface area (Å²) in [6.07, 6.45) is 0.650. The smallest absolute Gasteiger partial charge is 0.277 e. The Balaban J connectivity index is 1.57. The SMILES string of the molecule is COc1ccc(Cc2nnc(NC(=O)c3csc(NCC(C)C)n3)s2)cc1. The van der Waals surface area contributed by atoms with E-state index in [1.165, 1.54) is 22.7 Å². The maximum atomic E-state index is 12.3. The van der Waals surface area contributed by atoms with Gasteiger partial charge >= 0.3 is 0 Å². The molecule has 27 heavy (non-hydrogen) atoms. The Labute approximate surface area is 165 Å². The number of amides is 1. The van der Waals surface area contributed by atoms with Gasteiger partial charge in [0, 0.05) is 18.3 Å². The first-order valence-electron chi connectivity index (χ1n) is 8.49. The van der Waals surface area contributed by atoms with Gasteiger partial charge in [-0.1, -0.05) is 37.3 Å². The minimum atomic E-state index is -0.281. The predicted octanol–water partition coefficient (Wildman–Crippen LogP) is 3.91. The Morgan fingerprint density at radius 3 is 2.67 bits per heavy atom. The molecule has 0 aliphatic rings. The summed E-state index contributed by atoms with van der Waals surface area (Å²) < 4.78 is 5.16. The van der Waals surface area contributed by atoms with Crippen LogP contribution in [0.25, 0.3) is 0 Å². The first-order valence-corrected chi connectivity index (χ1v) is 10.2. The standard InChI is InChI=1S/C18H21N5O2S2/c1-11(2)9-19-17-20-14(10-26-17)16(24)21-18-23-22-15(27-18)8-12-4-6-13(25-3)7-5-12/h4-7,10-11H,8-9H2,1-3H3,(H,19,20)(H,21,23,24). The van der Waals surface area contributed by atoms with Crippen LogP contribution in [0.15, 0.2) is 29.6 Å². The van der Waals surface area contributed by atoms with E-state index in [1.54, 1.807) is 12.5 Å². The largest absolute Gasteiger partial charge is 0.497 e. The second-order valence-electron chi connectivity index (χ2n) is 6.29. The van der Waals surface area contributed by atoms with Gasteiger partial charge in [-0.05, 0) is 23.6 Å². The molecule has 0 aliphatic heterocycles. The highest BCUT2D eigenvalue weighted by Crippen LogP contribution is 2.22. The Morgan fingerprint density at radius 2 is 1.96 bits per heavy atom. The Bertz CT molecular complexity index is 889. The van der Waals surface area contributed by atoms with E-state index < -0.39 is 0 Å². The highest BCUT2D eigenvalue weighted by atomic mass is 32.1. The number of carbonyl (C=O) groups excluding carboxylic acids is 1. The number of hydrogen-bond acceptors (Lipinski definition) is 8. The van der Waals surface area contributed by atoms with Crippen molar-refractivity contribution in [2.75, 3.05) is 24.3 Å². The molecule has 1 amide bonds. The van der Waals surface area contributed by atoms with Crippen LogP contribution in [0, 0.1) is 5.92 Å². The van der Waals surface area contributed by atoms with Gasteiger partial charge in [0.05, 0.1) is 7.11 Å². The summed E-state index contributed by atoms with van der Waals surface area (Å²) in [7, 11) is 1.64. The number of thiazole rings is 1. The summed E-state index contributed by atoms with van der Waals surface area (Å²) in [5.74, 6) is 1.04. The minimum absolute atomic E-state index is 0.281. The van der Waals surface area contributed by atoms with Crippen LogP contribution in [-0.4, -0.2) is 34.7 Å². The predicted molar refractivity (Wildman–Crippen MR) is 109 cm³/mol. The van der Waals surface area contributed by atoms with Crippen LogP contribution in [0.1, 0.15) is 34.9 Å². The lowest BCUT2D eigenvalue weighted by Gasteiger charge is -2.04. The average molecular weight is 404 g/mol. The van der Waals surface area contributed by atoms with Crippen LogP contribution in [0.3, 0.4) is 0 Å². The van der Waals surface area contributed by atoms with Crippen molar-refractivity contribution in [3.8, 4) is 5.75 Å². The van der Waals surface area contributed by atoms with Gasteiger partial charge in [-0.2, -0.15) is 0 Å². The minimum Gasteiger partial charge on any atom is -0.497 e. The van der Waals surface area contributed by atoms with E-state index in [0.717, 1.165) is 28.0 Å².